The molecule has 2 aromatic rings. The van der Waals surface area contributed by atoms with Crippen LogP contribution in [0.4, 0.5) is 5.69 Å². The summed E-state index contributed by atoms with van der Waals surface area (Å²) in [6.07, 6.45) is 0.175. The molecule has 2 rings (SSSR count). The first-order valence-corrected chi connectivity index (χ1v) is 7.69. The standard InChI is InChI=1S/C17H18Cl2N2O/c1-21(2)13-8-6-12(7-9-13)11-20-17(22)10-14-15(18)4-3-5-16(14)19/h3-9H,10-11H2,1-2H3,(H,20,22). The van der Waals surface area contributed by atoms with Crippen molar-refractivity contribution in [3.8, 4) is 0 Å². The predicted octanol–water partition coefficient (Wildman–Crippen LogP) is 3.92. The third-order valence-electron chi connectivity index (χ3n) is 3.34. The van der Waals surface area contributed by atoms with Crippen LogP contribution in [0.5, 0.6) is 0 Å². The lowest BCUT2D eigenvalue weighted by atomic mass is 10.1. The van der Waals surface area contributed by atoms with Crippen LogP contribution in [0.3, 0.4) is 0 Å². The number of carbonyl (C=O) groups is 1. The molecule has 0 aliphatic carbocycles. The maximum atomic E-state index is 12.0. The number of nitrogens with zero attached hydrogens (tertiary/aromatic N) is 1. The molecule has 116 valence electrons. The maximum Gasteiger partial charge on any atom is 0.224 e. The van der Waals surface area contributed by atoms with E-state index in [9.17, 15) is 4.79 Å². The van der Waals surface area contributed by atoms with Gasteiger partial charge in [-0.2, -0.15) is 0 Å². The van der Waals surface area contributed by atoms with Crippen molar-refractivity contribution in [2.24, 2.45) is 0 Å². The first-order chi connectivity index (χ1) is 10.5. The minimum atomic E-state index is -0.105. The quantitative estimate of drug-likeness (QED) is 0.897. The monoisotopic (exact) mass is 336 g/mol. The number of nitrogens with one attached hydrogen (secondary N) is 1. The molecule has 0 heterocycles. The number of hydrogen-bond acceptors (Lipinski definition) is 2. The number of amides is 1. The summed E-state index contributed by atoms with van der Waals surface area (Å²) >= 11 is 12.1. The van der Waals surface area contributed by atoms with E-state index in [4.69, 9.17) is 23.2 Å². The summed E-state index contributed by atoms with van der Waals surface area (Å²) in [5, 5.41) is 3.90. The zero-order chi connectivity index (χ0) is 16.1. The van der Waals surface area contributed by atoms with Crippen molar-refractivity contribution in [1.29, 1.82) is 0 Å². The fourth-order valence-electron chi connectivity index (χ4n) is 2.04. The fraction of sp³-hybridized carbons (Fsp3) is 0.235. The Morgan fingerprint density at radius 3 is 2.18 bits per heavy atom. The molecule has 0 fully saturated rings. The van der Waals surface area contributed by atoms with E-state index in [1.807, 2.05) is 43.3 Å². The van der Waals surface area contributed by atoms with Crippen molar-refractivity contribution in [3.05, 3.63) is 63.6 Å². The number of rotatable bonds is 5. The first-order valence-electron chi connectivity index (χ1n) is 6.93. The predicted molar refractivity (Wildman–Crippen MR) is 92.8 cm³/mol. The Bertz CT molecular complexity index is 634. The van der Waals surface area contributed by atoms with Gasteiger partial charge in [-0.05, 0) is 35.4 Å². The highest BCUT2D eigenvalue weighted by Crippen LogP contribution is 2.24. The Hall–Kier alpha value is -1.71. The van der Waals surface area contributed by atoms with Gasteiger partial charge in [0.25, 0.3) is 0 Å². The van der Waals surface area contributed by atoms with Gasteiger partial charge in [0.1, 0.15) is 0 Å². The minimum absolute atomic E-state index is 0.105. The topological polar surface area (TPSA) is 32.3 Å². The summed E-state index contributed by atoms with van der Waals surface area (Å²) in [5.74, 6) is -0.105. The van der Waals surface area contributed by atoms with E-state index in [0.29, 0.717) is 22.2 Å². The number of benzene rings is 2. The molecule has 0 unspecified atom stereocenters. The van der Waals surface area contributed by atoms with Gasteiger partial charge in [-0.3, -0.25) is 4.79 Å². The van der Waals surface area contributed by atoms with Crippen LogP contribution in [0.1, 0.15) is 11.1 Å². The molecule has 22 heavy (non-hydrogen) atoms. The van der Waals surface area contributed by atoms with E-state index >= 15 is 0 Å². The molecular weight excluding hydrogens is 319 g/mol. The van der Waals surface area contributed by atoms with Crippen LogP contribution in [0.2, 0.25) is 10.0 Å². The van der Waals surface area contributed by atoms with Crippen molar-refractivity contribution in [3.63, 3.8) is 0 Å². The summed E-state index contributed by atoms with van der Waals surface area (Å²) < 4.78 is 0. The molecule has 1 amide bonds. The van der Waals surface area contributed by atoms with E-state index in [-0.39, 0.29) is 12.3 Å². The number of anilines is 1. The van der Waals surface area contributed by atoms with Crippen LogP contribution in [0.15, 0.2) is 42.5 Å². The van der Waals surface area contributed by atoms with Crippen LogP contribution in [0, 0.1) is 0 Å². The second-order valence-corrected chi connectivity index (χ2v) is 6.03. The normalized spacial score (nSPS) is 10.4. The van der Waals surface area contributed by atoms with E-state index < -0.39 is 0 Å². The van der Waals surface area contributed by atoms with Crippen molar-refractivity contribution in [1.82, 2.24) is 5.32 Å². The summed E-state index contributed by atoms with van der Waals surface area (Å²) in [7, 11) is 3.98. The Labute approximate surface area is 140 Å². The molecule has 3 nitrogen and oxygen atoms in total. The summed E-state index contributed by atoms with van der Waals surface area (Å²) in [4.78, 5) is 14.1. The lowest BCUT2D eigenvalue weighted by Crippen LogP contribution is -2.24. The molecular formula is C17H18Cl2N2O. The van der Waals surface area contributed by atoms with E-state index in [1.54, 1.807) is 18.2 Å². The van der Waals surface area contributed by atoms with Crippen LogP contribution < -0.4 is 10.2 Å². The van der Waals surface area contributed by atoms with Crippen molar-refractivity contribution in [2.75, 3.05) is 19.0 Å². The molecule has 2 aromatic carbocycles. The minimum Gasteiger partial charge on any atom is -0.378 e. The number of halogens is 2. The Morgan fingerprint density at radius 1 is 1.05 bits per heavy atom. The smallest absolute Gasteiger partial charge is 0.224 e. The van der Waals surface area contributed by atoms with E-state index in [2.05, 4.69) is 5.32 Å². The zero-order valence-corrected chi connectivity index (χ0v) is 14.1. The molecule has 1 N–H and O–H groups in total. The molecule has 0 radical (unpaired) electrons. The highest BCUT2D eigenvalue weighted by molar-refractivity contribution is 6.36. The van der Waals surface area contributed by atoms with Gasteiger partial charge in [0.2, 0.25) is 5.91 Å². The molecule has 0 aliphatic heterocycles. The maximum absolute atomic E-state index is 12.0. The summed E-state index contributed by atoms with van der Waals surface area (Å²) in [6, 6.07) is 13.3. The molecule has 0 bridgehead atoms. The second kappa shape index (κ2) is 7.52. The molecule has 0 saturated carbocycles. The van der Waals surface area contributed by atoms with Crippen LogP contribution in [-0.4, -0.2) is 20.0 Å². The molecule has 0 saturated heterocycles. The molecule has 0 atom stereocenters. The lowest BCUT2D eigenvalue weighted by Gasteiger charge is -2.13. The number of carbonyl (C=O) groups excluding carboxylic acids is 1. The highest BCUT2D eigenvalue weighted by Gasteiger charge is 2.10. The fourth-order valence-corrected chi connectivity index (χ4v) is 2.57. The van der Waals surface area contributed by atoms with E-state index in [0.717, 1.165) is 11.3 Å². The SMILES string of the molecule is CN(C)c1ccc(CNC(=O)Cc2c(Cl)cccc2Cl)cc1. The third kappa shape index (κ3) is 4.39. The van der Waals surface area contributed by atoms with Gasteiger partial charge in [0.05, 0.1) is 6.42 Å². The number of hydrogen-bond donors (Lipinski definition) is 1. The molecule has 0 aromatic heterocycles. The molecule has 0 spiro atoms. The Kier molecular flexibility index (Phi) is 5.69. The third-order valence-corrected chi connectivity index (χ3v) is 4.05. The molecule has 5 heteroatoms. The van der Waals surface area contributed by atoms with Gasteiger partial charge >= 0.3 is 0 Å². The average molecular weight is 337 g/mol. The average Bonchev–Trinajstić information content (AvgIpc) is 2.49. The summed E-state index contributed by atoms with van der Waals surface area (Å²) in [6.45, 7) is 0.481. The van der Waals surface area contributed by atoms with Gasteiger partial charge in [0.15, 0.2) is 0 Å². The Morgan fingerprint density at radius 2 is 1.64 bits per heavy atom. The summed E-state index contributed by atoms with van der Waals surface area (Å²) in [5.41, 5.74) is 2.83. The van der Waals surface area contributed by atoms with Crippen LogP contribution in [0.25, 0.3) is 0 Å². The van der Waals surface area contributed by atoms with Crippen molar-refractivity contribution < 1.29 is 4.79 Å². The van der Waals surface area contributed by atoms with Gasteiger partial charge in [-0.25, -0.2) is 0 Å². The van der Waals surface area contributed by atoms with Crippen LogP contribution >= 0.6 is 23.2 Å². The van der Waals surface area contributed by atoms with Crippen LogP contribution in [-0.2, 0) is 17.8 Å². The van der Waals surface area contributed by atoms with Crippen molar-refractivity contribution in [2.45, 2.75) is 13.0 Å². The van der Waals surface area contributed by atoms with Gasteiger partial charge in [-0.15, -0.1) is 0 Å². The highest BCUT2D eigenvalue weighted by atomic mass is 35.5. The van der Waals surface area contributed by atoms with Crippen molar-refractivity contribution >= 4 is 34.8 Å². The largest absolute Gasteiger partial charge is 0.378 e. The van der Waals surface area contributed by atoms with Gasteiger partial charge in [-0.1, -0.05) is 41.4 Å². The Balaban J connectivity index is 1.93. The van der Waals surface area contributed by atoms with Gasteiger partial charge < -0.3 is 10.2 Å². The first kappa shape index (κ1) is 16.7. The second-order valence-electron chi connectivity index (χ2n) is 5.21. The zero-order valence-electron chi connectivity index (χ0n) is 12.6. The lowest BCUT2D eigenvalue weighted by molar-refractivity contribution is -0.120. The molecule has 0 aliphatic rings. The van der Waals surface area contributed by atoms with Gasteiger partial charge in [0, 0.05) is 36.4 Å². The van der Waals surface area contributed by atoms with E-state index in [1.165, 1.54) is 0 Å².